The van der Waals surface area contributed by atoms with Gasteiger partial charge in [0.15, 0.2) is 0 Å². The van der Waals surface area contributed by atoms with Gasteiger partial charge in [0.1, 0.15) is 11.5 Å². The molecular formula is C21H21N3O4. The van der Waals surface area contributed by atoms with Gasteiger partial charge in [-0.05, 0) is 54.6 Å². The fourth-order valence-corrected chi connectivity index (χ4v) is 2.51. The quantitative estimate of drug-likeness (QED) is 0.559. The van der Waals surface area contributed by atoms with Gasteiger partial charge in [-0.15, -0.1) is 0 Å². The van der Waals surface area contributed by atoms with Crippen LogP contribution in [0.5, 0.6) is 5.75 Å². The summed E-state index contributed by atoms with van der Waals surface area (Å²) in [6.45, 7) is 0.386. The van der Waals surface area contributed by atoms with E-state index in [-0.39, 0.29) is 18.4 Å². The lowest BCUT2D eigenvalue weighted by Gasteiger charge is -2.10. The highest BCUT2D eigenvalue weighted by atomic mass is 16.5. The Hall–Kier alpha value is -3.74. The summed E-state index contributed by atoms with van der Waals surface area (Å²) >= 11 is 0. The monoisotopic (exact) mass is 379 g/mol. The van der Waals surface area contributed by atoms with Gasteiger partial charge in [-0.1, -0.05) is 6.07 Å². The highest BCUT2D eigenvalue weighted by Crippen LogP contribution is 2.15. The van der Waals surface area contributed by atoms with E-state index in [0.29, 0.717) is 29.2 Å². The second-order valence-corrected chi connectivity index (χ2v) is 5.97. The molecule has 3 N–H and O–H groups in total. The zero-order valence-corrected chi connectivity index (χ0v) is 15.4. The number of methoxy groups -OCH3 is 1. The lowest BCUT2D eigenvalue weighted by Crippen LogP contribution is -2.23. The van der Waals surface area contributed by atoms with Gasteiger partial charge in [0.25, 0.3) is 5.91 Å². The van der Waals surface area contributed by atoms with Crippen LogP contribution in [0.15, 0.2) is 71.3 Å². The van der Waals surface area contributed by atoms with Crippen LogP contribution >= 0.6 is 0 Å². The molecule has 28 heavy (non-hydrogen) atoms. The number of ether oxygens (including phenoxy) is 1. The summed E-state index contributed by atoms with van der Waals surface area (Å²) in [7, 11) is 1.59. The maximum atomic E-state index is 12.3. The maximum absolute atomic E-state index is 12.3. The van der Waals surface area contributed by atoms with Crippen molar-refractivity contribution < 1.29 is 18.7 Å². The molecule has 1 heterocycles. The third-order valence-corrected chi connectivity index (χ3v) is 3.95. The first-order chi connectivity index (χ1) is 13.6. The summed E-state index contributed by atoms with van der Waals surface area (Å²) in [4.78, 5) is 24.4. The molecule has 1 aromatic heterocycles. The number of anilines is 2. The van der Waals surface area contributed by atoms with Gasteiger partial charge in [0, 0.05) is 16.9 Å². The minimum Gasteiger partial charge on any atom is -0.497 e. The van der Waals surface area contributed by atoms with Crippen LogP contribution in [0.1, 0.15) is 16.1 Å². The van der Waals surface area contributed by atoms with Crippen molar-refractivity contribution in [3.63, 3.8) is 0 Å². The number of furan rings is 1. The van der Waals surface area contributed by atoms with E-state index in [9.17, 15) is 9.59 Å². The first-order valence-corrected chi connectivity index (χ1v) is 8.72. The predicted octanol–water partition coefficient (Wildman–Crippen LogP) is 3.27. The standard InChI is InChI=1S/C21H21N3O4/c1-27-18-9-7-16(8-10-18)24-20(25)14-22-17-5-2-4-15(12-17)21(26)23-13-19-6-3-11-28-19/h2-12,22H,13-14H2,1H3,(H,23,26)(H,24,25). The van der Waals surface area contributed by atoms with Gasteiger partial charge in [0.2, 0.25) is 5.91 Å². The van der Waals surface area contributed by atoms with Crippen LogP contribution in [0, 0.1) is 0 Å². The van der Waals surface area contributed by atoms with Crippen molar-refractivity contribution >= 4 is 23.2 Å². The van der Waals surface area contributed by atoms with E-state index in [1.165, 1.54) is 0 Å². The number of benzene rings is 2. The average Bonchev–Trinajstić information content (AvgIpc) is 3.25. The maximum Gasteiger partial charge on any atom is 0.251 e. The van der Waals surface area contributed by atoms with E-state index in [4.69, 9.17) is 9.15 Å². The van der Waals surface area contributed by atoms with Crippen LogP contribution in [0.25, 0.3) is 0 Å². The molecule has 0 saturated heterocycles. The summed E-state index contributed by atoms with van der Waals surface area (Å²) in [6, 6.07) is 17.6. The van der Waals surface area contributed by atoms with Crippen molar-refractivity contribution in [2.24, 2.45) is 0 Å². The number of carbonyl (C=O) groups excluding carboxylic acids is 2. The number of rotatable bonds is 8. The second-order valence-electron chi connectivity index (χ2n) is 5.97. The smallest absolute Gasteiger partial charge is 0.251 e. The SMILES string of the molecule is COc1ccc(NC(=O)CNc2cccc(C(=O)NCc3ccco3)c2)cc1. The second kappa shape index (κ2) is 9.27. The molecule has 0 fully saturated rings. The molecule has 2 amide bonds. The molecule has 0 saturated carbocycles. The number of nitrogens with one attached hydrogen (secondary N) is 3. The van der Waals surface area contributed by atoms with Gasteiger partial charge < -0.3 is 25.1 Å². The Morgan fingerprint density at radius 2 is 1.82 bits per heavy atom. The number of hydrogen-bond acceptors (Lipinski definition) is 5. The van der Waals surface area contributed by atoms with Crippen molar-refractivity contribution in [2.45, 2.75) is 6.54 Å². The molecule has 0 atom stereocenters. The summed E-state index contributed by atoms with van der Waals surface area (Å²) in [6.07, 6.45) is 1.56. The Bertz CT molecular complexity index is 921. The number of hydrogen-bond donors (Lipinski definition) is 3. The zero-order chi connectivity index (χ0) is 19.8. The van der Waals surface area contributed by atoms with E-state index in [1.54, 1.807) is 74.0 Å². The average molecular weight is 379 g/mol. The molecule has 0 aliphatic carbocycles. The van der Waals surface area contributed by atoms with Gasteiger partial charge in [-0.3, -0.25) is 9.59 Å². The molecule has 7 nitrogen and oxygen atoms in total. The Morgan fingerprint density at radius 3 is 2.54 bits per heavy atom. The minimum atomic E-state index is -0.220. The summed E-state index contributed by atoms with van der Waals surface area (Å²) in [5, 5.41) is 8.59. The van der Waals surface area contributed by atoms with Crippen molar-refractivity contribution in [3.05, 3.63) is 78.3 Å². The molecular weight excluding hydrogens is 358 g/mol. The highest BCUT2D eigenvalue weighted by Gasteiger charge is 2.08. The Kier molecular flexibility index (Phi) is 6.30. The van der Waals surface area contributed by atoms with Crippen molar-refractivity contribution in [3.8, 4) is 5.75 Å². The molecule has 0 unspecified atom stereocenters. The first kappa shape index (κ1) is 19.0. The molecule has 0 aliphatic rings. The van der Waals surface area contributed by atoms with Gasteiger partial charge in [-0.25, -0.2) is 0 Å². The van der Waals surface area contributed by atoms with Gasteiger partial charge >= 0.3 is 0 Å². The molecule has 0 aliphatic heterocycles. The third-order valence-electron chi connectivity index (χ3n) is 3.95. The van der Waals surface area contributed by atoms with E-state index in [0.717, 1.165) is 5.75 Å². The van der Waals surface area contributed by atoms with E-state index >= 15 is 0 Å². The normalized spacial score (nSPS) is 10.2. The summed E-state index contributed by atoms with van der Waals surface area (Å²) < 4.78 is 10.3. The van der Waals surface area contributed by atoms with Crippen molar-refractivity contribution in [2.75, 3.05) is 24.3 Å². The molecule has 0 bridgehead atoms. The predicted molar refractivity (Wildman–Crippen MR) is 106 cm³/mol. The number of carbonyl (C=O) groups is 2. The van der Waals surface area contributed by atoms with E-state index in [2.05, 4.69) is 16.0 Å². The van der Waals surface area contributed by atoms with Crippen LogP contribution in [-0.4, -0.2) is 25.5 Å². The van der Waals surface area contributed by atoms with Crippen LogP contribution in [-0.2, 0) is 11.3 Å². The molecule has 3 aromatic rings. The summed E-state index contributed by atoms with van der Waals surface area (Å²) in [5.74, 6) is 0.983. The molecule has 144 valence electrons. The third kappa shape index (κ3) is 5.38. The fourth-order valence-electron chi connectivity index (χ4n) is 2.51. The fraction of sp³-hybridized carbons (Fsp3) is 0.143. The highest BCUT2D eigenvalue weighted by molar-refractivity contribution is 5.96. The summed E-state index contributed by atoms with van der Waals surface area (Å²) in [5.41, 5.74) is 1.85. The van der Waals surface area contributed by atoms with Crippen molar-refractivity contribution in [1.29, 1.82) is 0 Å². The number of amides is 2. The van der Waals surface area contributed by atoms with Gasteiger partial charge in [-0.2, -0.15) is 0 Å². The zero-order valence-electron chi connectivity index (χ0n) is 15.4. The Labute approximate surface area is 162 Å². The molecule has 0 spiro atoms. The Morgan fingerprint density at radius 1 is 1.00 bits per heavy atom. The lowest BCUT2D eigenvalue weighted by atomic mass is 10.2. The van der Waals surface area contributed by atoms with Crippen LogP contribution in [0.3, 0.4) is 0 Å². The molecule has 3 rings (SSSR count). The van der Waals surface area contributed by atoms with E-state index < -0.39 is 0 Å². The minimum absolute atomic E-state index is 0.0729. The molecule has 2 aromatic carbocycles. The van der Waals surface area contributed by atoms with Gasteiger partial charge in [0.05, 0.1) is 26.5 Å². The Balaban J connectivity index is 1.50. The molecule has 0 radical (unpaired) electrons. The topological polar surface area (TPSA) is 92.6 Å². The largest absolute Gasteiger partial charge is 0.497 e. The molecule has 7 heteroatoms. The van der Waals surface area contributed by atoms with Crippen LogP contribution in [0.4, 0.5) is 11.4 Å². The van der Waals surface area contributed by atoms with E-state index in [1.807, 2.05) is 0 Å². The van der Waals surface area contributed by atoms with Crippen molar-refractivity contribution in [1.82, 2.24) is 5.32 Å². The van der Waals surface area contributed by atoms with Crippen LogP contribution in [0.2, 0.25) is 0 Å². The lowest BCUT2D eigenvalue weighted by molar-refractivity contribution is -0.114. The van der Waals surface area contributed by atoms with Crippen LogP contribution < -0.4 is 20.7 Å². The first-order valence-electron chi connectivity index (χ1n) is 8.72.